The van der Waals surface area contributed by atoms with Crippen LogP contribution in [-0.2, 0) is 21.5 Å². The second kappa shape index (κ2) is 15.1. The molecule has 1 fully saturated rings. The zero-order valence-corrected chi connectivity index (χ0v) is 27.9. The molecule has 48 heavy (non-hydrogen) atoms. The SMILES string of the molecule is CC(F)(F)CNC(=O)C1(CCCCN2CCC(NC(=O)C3C=CCCC3NCc3ccccc3)CC2)c2ccccc2-c2ccccc21. The molecule has 6 nitrogen and oxygen atoms in total. The molecule has 0 radical (unpaired) electrons. The minimum atomic E-state index is -2.99. The van der Waals surface area contributed by atoms with Crippen molar-refractivity contribution in [3.8, 4) is 11.1 Å². The van der Waals surface area contributed by atoms with Gasteiger partial charge in [0.1, 0.15) is 5.41 Å². The van der Waals surface area contributed by atoms with Gasteiger partial charge in [0.05, 0.1) is 12.5 Å². The van der Waals surface area contributed by atoms with Crippen LogP contribution >= 0.6 is 0 Å². The Balaban J connectivity index is 1.01. The highest BCUT2D eigenvalue weighted by atomic mass is 19.3. The number of piperidine rings is 1. The fraction of sp³-hybridized carbons (Fsp3) is 0.450. The van der Waals surface area contributed by atoms with Gasteiger partial charge in [-0.15, -0.1) is 0 Å². The Morgan fingerprint density at radius 3 is 2.19 bits per heavy atom. The van der Waals surface area contributed by atoms with E-state index in [-0.39, 0.29) is 29.8 Å². The Bertz CT molecular complexity index is 1530. The molecule has 2 atom stereocenters. The number of nitrogens with zero attached hydrogens (tertiary/aromatic N) is 1. The van der Waals surface area contributed by atoms with E-state index < -0.39 is 17.9 Å². The molecular formula is C40H48F2N4O2. The summed E-state index contributed by atoms with van der Waals surface area (Å²) in [5.74, 6) is -3.41. The molecule has 8 heteroatoms. The van der Waals surface area contributed by atoms with Crippen LogP contribution in [0.15, 0.2) is 91.0 Å². The van der Waals surface area contributed by atoms with Crippen molar-refractivity contribution in [2.45, 2.75) is 81.8 Å². The van der Waals surface area contributed by atoms with Crippen molar-refractivity contribution >= 4 is 11.8 Å². The Hall–Kier alpha value is -3.88. The summed E-state index contributed by atoms with van der Waals surface area (Å²) in [5, 5.41) is 9.56. The van der Waals surface area contributed by atoms with Crippen LogP contribution in [0.4, 0.5) is 8.78 Å². The highest BCUT2D eigenvalue weighted by Gasteiger charge is 2.48. The number of likely N-dealkylation sites (tertiary alicyclic amines) is 1. The Kier molecular flexibility index (Phi) is 10.7. The molecule has 3 aromatic rings. The van der Waals surface area contributed by atoms with E-state index in [0.717, 1.165) is 93.9 Å². The Morgan fingerprint density at radius 2 is 1.52 bits per heavy atom. The predicted octanol–water partition coefficient (Wildman–Crippen LogP) is 6.60. The molecule has 0 aromatic heterocycles. The Labute approximate surface area is 283 Å². The molecule has 1 heterocycles. The number of hydrogen-bond donors (Lipinski definition) is 3. The monoisotopic (exact) mass is 654 g/mol. The number of carbonyl (C=O) groups excluding carboxylic acids is 2. The van der Waals surface area contributed by atoms with E-state index in [1.807, 2.05) is 66.7 Å². The topological polar surface area (TPSA) is 73.5 Å². The van der Waals surface area contributed by atoms with Crippen LogP contribution in [-0.4, -0.2) is 60.9 Å². The number of amides is 2. The summed E-state index contributed by atoms with van der Waals surface area (Å²) in [6, 6.07) is 26.4. The second-order valence-electron chi connectivity index (χ2n) is 13.8. The third-order valence-electron chi connectivity index (χ3n) is 10.4. The molecule has 1 saturated heterocycles. The van der Waals surface area contributed by atoms with Gasteiger partial charge in [0, 0.05) is 38.6 Å². The van der Waals surface area contributed by atoms with Gasteiger partial charge in [0.25, 0.3) is 5.92 Å². The van der Waals surface area contributed by atoms with Gasteiger partial charge >= 0.3 is 0 Å². The summed E-state index contributed by atoms with van der Waals surface area (Å²) in [7, 11) is 0. The molecule has 2 unspecified atom stereocenters. The number of halogens is 2. The van der Waals surface area contributed by atoms with Crippen molar-refractivity contribution in [2.24, 2.45) is 5.92 Å². The van der Waals surface area contributed by atoms with E-state index >= 15 is 0 Å². The van der Waals surface area contributed by atoms with Crippen LogP contribution in [0.2, 0.25) is 0 Å². The number of nitrogens with one attached hydrogen (secondary N) is 3. The molecule has 0 spiro atoms. The van der Waals surface area contributed by atoms with Gasteiger partial charge in [-0.1, -0.05) is 97.4 Å². The van der Waals surface area contributed by atoms with Crippen LogP contribution in [0, 0.1) is 5.92 Å². The zero-order valence-electron chi connectivity index (χ0n) is 27.9. The molecule has 3 N–H and O–H groups in total. The van der Waals surface area contributed by atoms with Crippen molar-refractivity contribution < 1.29 is 18.4 Å². The number of benzene rings is 3. The van der Waals surface area contributed by atoms with Crippen molar-refractivity contribution in [2.75, 3.05) is 26.2 Å². The molecule has 2 aliphatic carbocycles. The largest absolute Gasteiger partial charge is 0.353 e. The number of hydrogen-bond acceptors (Lipinski definition) is 4. The lowest BCUT2D eigenvalue weighted by Gasteiger charge is -2.35. The van der Waals surface area contributed by atoms with Gasteiger partial charge in [-0.25, -0.2) is 8.78 Å². The van der Waals surface area contributed by atoms with Crippen LogP contribution in [0.25, 0.3) is 11.1 Å². The van der Waals surface area contributed by atoms with E-state index in [1.165, 1.54) is 5.56 Å². The molecule has 0 bridgehead atoms. The first-order chi connectivity index (χ1) is 23.2. The first-order valence-corrected chi connectivity index (χ1v) is 17.6. The van der Waals surface area contributed by atoms with Crippen LogP contribution < -0.4 is 16.0 Å². The zero-order chi connectivity index (χ0) is 33.6. The lowest BCUT2D eigenvalue weighted by atomic mass is 9.73. The minimum absolute atomic E-state index is 0.108. The van der Waals surface area contributed by atoms with Gasteiger partial charge in [-0.3, -0.25) is 9.59 Å². The maximum Gasteiger partial charge on any atom is 0.262 e. The van der Waals surface area contributed by atoms with E-state index in [0.29, 0.717) is 6.42 Å². The van der Waals surface area contributed by atoms with E-state index in [4.69, 9.17) is 0 Å². The molecule has 6 rings (SSSR count). The number of unbranched alkanes of at least 4 members (excludes halogenated alkanes) is 1. The van der Waals surface area contributed by atoms with Crippen molar-refractivity contribution in [3.63, 3.8) is 0 Å². The average molecular weight is 655 g/mol. The summed E-state index contributed by atoms with van der Waals surface area (Å²) in [4.78, 5) is 29.7. The van der Waals surface area contributed by atoms with Crippen molar-refractivity contribution in [1.82, 2.24) is 20.9 Å². The number of rotatable bonds is 13. The van der Waals surface area contributed by atoms with Crippen LogP contribution in [0.1, 0.15) is 68.6 Å². The van der Waals surface area contributed by atoms with Gasteiger partial charge in [0.15, 0.2) is 0 Å². The maximum absolute atomic E-state index is 13.9. The van der Waals surface area contributed by atoms with E-state index in [1.54, 1.807) is 0 Å². The maximum atomic E-state index is 13.9. The number of alkyl halides is 2. The molecule has 1 aliphatic heterocycles. The standard InChI is InChI=1S/C40H48F2N4O2/c1-39(41,42)28-44-38(48)40(34-18-8-5-15-31(34)32-16-6-9-19-35(32)40)23-11-12-24-46-25-21-30(22-26-46)45-37(47)33-17-7-10-20-36(33)43-27-29-13-3-2-4-14-29/h2-9,13-19,30,33,36,43H,10-12,20-28H2,1H3,(H,44,48)(H,45,47). The Morgan fingerprint density at radius 1 is 0.875 bits per heavy atom. The second-order valence-corrected chi connectivity index (χ2v) is 13.8. The van der Waals surface area contributed by atoms with Gasteiger partial charge in [-0.05, 0) is 72.9 Å². The number of allylic oxidation sites excluding steroid dienone is 1. The molecule has 2 amide bonds. The van der Waals surface area contributed by atoms with Crippen LogP contribution in [0.5, 0.6) is 0 Å². The summed E-state index contributed by atoms with van der Waals surface area (Å²) < 4.78 is 27.7. The normalized spacial score (nSPS) is 20.6. The molecule has 254 valence electrons. The molecule has 3 aliphatic rings. The summed E-state index contributed by atoms with van der Waals surface area (Å²) in [5.41, 5.74) is 4.00. The lowest BCUT2D eigenvalue weighted by Crippen LogP contribution is -2.50. The van der Waals surface area contributed by atoms with E-state index in [9.17, 15) is 18.4 Å². The molecule has 0 saturated carbocycles. The summed E-state index contributed by atoms with van der Waals surface area (Å²) in [6.45, 7) is 3.60. The van der Waals surface area contributed by atoms with Gasteiger partial charge in [0.2, 0.25) is 11.8 Å². The van der Waals surface area contributed by atoms with E-state index in [2.05, 4.69) is 45.1 Å². The smallest absolute Gasteiger partial charge is 0.262 e. The highest BCUT2D eigenvalue weighted by Crippen LogP contribution is 2.51. The molecular weight excluding hydrogens is 606 g/mol. The summed E-state index contributed by atoms with van der Waals surface area (Å²) >= 11 is 0. The van der Waals surface area contributed by atoms with Crippen LogP contribution in [0.3, 0.4) is 0 Å². The predicted molar refractivity (Wildman–Crippen MR) is 187 cm³/mol. The lowest BCUT2D eigenvalue weighted by molar-refractivity contribution is -0.127. The minimum Gasteiger partial charge on any atom is -0.353 e. The van der Waals surface area contributed by atoms with Crippen molar-refractivity contribution in [3.05, 3.63) is 108 Å². The first-order valence-electron chi connectivity index (χ1n) is 17.6. The quantitative estimate of drug-likeness (QED) is 0.144. The van der Waals surface area contributed by atoms with Gasteiger partial charge in [-0.2, -0.15) is 0 Å². The highest BCUT2D eigenvalue weighted by molar-refractivity contribution is 6.00. The first kappa shape index (κ1) is 34.0. The molecule has 3 aromatic carbocycles. The van der Waals surface area contributed by atoms with Gasteiger partial charge < -0.3 is 20.9 Å². The van der Waals surface area contributed by atoms with Crippen molar-refractivity contribution in [1.29, 1.82) is 0 Å². The third kappa shape index (κ3) is 7.71. The third-order valence-corrected chi connectivity index (χ3v) is 10.4. The average Bonchev–Trinajstić information content (AvgIpc) is 3.39. The summed E-state index contributed by atoms with van der Waals surface area (Å²) in [6.07, 6.45) is 10.2. The fourth-order valence-electron chi connectivity index (χ4n) is 7.84. The fourth-order valence-corrected chi connectivity index (χ4v) is 7.84. The number of fused-ring (bicyclic) bond motifs is 3. The number of carbonyl (C=O) groups is 2.